The summed E-state index contributed by atoms with van der Waals surface area (Å²) < 4.78 is 4.44. The number of esters is 1. The molecule has 0 amide bonds. The Labute approximate surface area is 60.4 Å². The molecule has 0 fully saturated rings. The van der Waals surface area contributed by atoms with Crippen molar-refractivity contribution in [3.05, 3.63) is 6.42 Å². The van der Waals surface area contributed by atoms with Crippen LogP contribution in [0.5, 0.6) is 0 Å². The first kappa shape index (κ1) is 9.14. The predicted molar refractivity (Wildman–Crippen MR) is 36.2 cm³/mol. The molecule has 0 saturated carbocycles. The lowest BCUT2D eigenvalue weighted by atomic mass is 10.2. The summed E-state index contributed by atoms with van der Waals surface area (Å²) in [6.45, 7) is 3.70. The topological polar surface area (TPSA) is 43.4 Å². The molecule has 1 radical (unpaired) electrons. The molecular weight excluding hydrogens is 132 g/mol. The molecule has 0 aliphatic heterocycles. The molecule has 0 aliphatic rings. The molecule has 0 spiro atoms. The summed E-state index contributed by atoms with van der Waals surface area (Å²) in [7, 11) is 0. The van der Waals surface area contributed by atoms with Gasteiger partial charge in [-0.25, -0.2) is 4.79 Å². The fourth-order valence-electron chi connectivity index (χ4n) is 0.471. The molecule has 0 aromatic heterocycles. The Balaban J connectivity index is 3.60. The minimum absolute atomic E-state index is 0.252. The van der Waals surface area contributed by atoms with Gasteiger partial charge in [-0.05, 0) is 13.3 Å². The van der Waals surface area contributed by atoms with Crippen LogP contribution in [0.15, 0.2) is 0 Å². The molecule has 0 N–H and O–H groups in total. The van der Waals surface area contributed by atoms with Gasteiger partial charge in [0.25, 0.3) is 0 Å². The van der Waals surface area contributed by atoms with Crippen molar-refractivity contribution in [3.8, 4) is 0 Å². The fourth-order valence-corrected chi connectivity index (χ4v) is 0.471. The average molecular weight is 143 g/mol. The monoisotopic (exact) mass is 143 g/mol. The Bertz CT molecular complexity index is 113. The van der Waals surface area contributed by atoms with Crippen molar-refractivity contribution in [3.63, 3.8) is 0 Å². The van der Waals surface area contributed by atoms with Gasteiger partial charge in [0, 0.05) is 6.42 Å². The van der Waals surface area contributed by atoms with Crippen LogP contribution in [0.4, 0.5) is 0 Å². The van der Waals surface area contributed by atoms with E-state index in [0.29, 0.717) is 6.42 Å². The third-order valence-corrected chi connectivity index (χ3v) is 0.866. The van der Waals surface area contributed by atoms with Crippen LogP contribution in [-0.2, 0) is 14.3 Å². The standard InChI is InChI=1S/C7H11O3/c1-3-5-6(8)7(9)10-4-2/h5H,3-4H2,1-2H3. The zero-order valence-corrected chi connectivity index (χ0v) is 6.22. The highest BCUT2D eigenvalue weighted by Gasteiger charge is 2.12. The number of hydrogen-bond acceptors (Lipinski definition) is 3. The van der Waals surface area contributed by atoms with Crippen molar-refractivity contribution < 1.29 is 14.3 Å². The lowest BCUT2D eigenvalue weighted by Crippen LogP contribution is -2.16. The van der Waals surface area contributed by atoms with Gasteiger partial charge in [-0.2, -0.15) is 0 Å². The second-order valence-corrected chi connectivity index (χ2v) is 1.70. The Kier molecular flexibility index (Phi) is 4.54. The van der Waals surface area contributed by atoms with Crippen molar-refractivity contribution in [1.82, 2.24) is 0 Å². The molecule has 0 aromatic carbocycles. The number of carbonyl (C=O) groups is 2. The molecule has 0 atom stereocenters. The number of Topliss-reactive ketones (excluding diaryl/α,β-unsaturated/α-hetero) is 1. The summed E-state index contributed by atoms with van der Waals surface area (Å²) in [4.78, 5) is 21.1. The van der Waals surface area contributed by atoms with Gasteiger partial charge in [-0.3, -0.25) is 4.79 Å². The summed E-state index contributed by atoms with van der Waals surface area (Å²) in [6, 6.07) is 0. The van der Waals surface area contributed by atoms with E-state index >= 15 is 0 Å². The van der Waals surface area contributed by atoms with Gasteiger partial charge in [0.2, 0.25) is 5.78 Å². The van der Waals surface area contributed by atoms with E-state index in [4.69, 9.17) is 0 Å². The lowest BCUT2D eigenvalue weighted by molar-refractivity contribution is -0.152. The van der Waals surface area contributed by atoms with Crippen LogP contribution < -0.4 is 0 Å². The quantitative estimate of drug-likeness (QED) is 0.430. The lowest BCUT2D eigenvalue weighted by Gasteiger charge is -1.96. The van der Waals surface area contributed by atoms with Gasteiger partial charge in [-0.15, -0.1) is 0 Å². The second-order valence-electron chi connectivity index (χ2n) is 1.70. The van der Waals surface area contributed by atoms with Gasteiger partial charge >= 0.3 is 5.97 Å². The Hall–Kier alpha value is -0.860. The van der Waals surface area contributed by atoms with Crippen LogP contribution in [0.2, 0.25) is 0 Å². The van der Waals surface area contributed by atoms with E-state index in [1.807, 2.05) is 0 Å². The minimum atomic E-state index is -0.760. The van der Waals surface area contributed by atoms with E-state index in [0.717, 1.165) is 0 Å². The summed E-state index contributed by atoms with van der Waals surface area (Å²) in [6.07, 6.45) is 1.87. The Morgan fingerprint density at radius 3 is 2.40 bits per heavy atom. The zero-order chi connectivity index (χ0) is 7.98. The largest absolute Gasteiger partial charge is 0.460 e. The van der Waals surface area contributed by atoms with Crippen LogP contribution >= 0.6 is 0 Å². The highest BCUT2D eigenvalue weighted by Crippen LogP contribution is 1.89. The smallest absolute Gasteiger partial charge is 0.374 e. The van der Waals surface area contributed by atoms with Crippen molar-refractivity contribution in [2.45, 2.75) is 20.3 Å². The summed E-state index contributed by atoms with van der Waals surface area (Å²) >= 11 is 0. The maximum atomic E-state index is 10.6. The van der Waals surface area contributed by atoms with Crippen molar-refractivity contribution in [2.24, 2.45) is 0 Å². The fraction of sp³-hybridized carbons (Fsp3) is 0.571. The minimum Gasteiger partial charge on any atom is -0.460 e. The van der Waals surface area contributed by atoms with Crippen molar-refractivity contribution >= 4 is 11.8 Å². The SMILES string of the molecule is CC[CH]C(=O)C(=O)OCC. The number of ketones is 1. The first-order chi connectivity index (χ1) is 4.72. The number of hydrogen-bond donors (Lipinski definition) is 0. The Morgan fingerprint density at radius 2 is 2.00 bits per heavy atom. The van der Waals surface area contributed by atoms with Gasteiger partial charge in [0.15, 0.2) is 0 Å². The Morgan fingerprint density at radius 1 is 1.40 bits per heavy atom. The van der Waals surface area contributed by atoms with Crippen LogP contribution in [-0.4, -0.2) is 18.4 Å². The molecule has 0 heterocycles. The molecule has 10 heavy (non-hydrogen) atoms. The zero-order valence-electron chi connectivity index (χ0n) is 6.22. The summed E-state index contributed by atoms with van der Waals surface area (Å²) in [5, 5.41) is 0. The van der Waals surface area contributed by atoms with E-state index in [-0.39, 0.29) is 6.61 Å². The molecule has 0 rings (SSSR count). The number of carbonyl (C=O) groups excluding carboxylic acids is 2. The molecule has 3 nitrogen and oxygen atoms in total. The average Bonchev–Trinajstić information content (AvgIpc) is 1.89. The summed E-state index contributed by atoms with van der Waals surface area (Å²) in [5.74, 6) is -1.31. The molecule has 3 heteroatoms. The van der Waals surface area contributed by atoms with Gasteiger partial charge < -0.3 is 4.74 Å². The van der Waals surface area contributed by atoms with E-state index in [9.17, 15) is 9.59 Å². The van der Waals surface area contributed by atoms with Crippen LogP contribution in [0.1, 0.15) is 20.3 Å². The number of rotatable bonds is 4. The van der Waals surface area contributed by atoms with Crippen LogP contribution in [0, 0.1) is 6.42 Å². The normalized spacial score (nSPS) is 9.00. The van der Waals surface area contributed by atoms with Gasteiger partial charge in [-0.1, -0.05) is 6.92 Å². The molecule has 0 aliphatic carbocycles. The van der Waals surface area contributed by atoms with E-state index < -0.39 is 11.8 Å². The van der Waals surface area contributed by atoms with E-state index in [2.05, 4.69) is 4.74 Å². The maximum Gasteiger partial charge on any atom is 0.374 e. The van der Waals surface area contributed by atoms with Crippen LogP contribution in [0.3, 0.4) is 0 Å². The molecule has 0 saturated heterocycles. The first-order valence-corrected chi connectivity index (χ1v) is 3.26. The van der Waals surface area contributed by atoms with Gasteiger partial charge in [0.05, 0.1) is 6.61 Å². The third-order valence-electron chi connectivity index (χ3n) is 0.866. The molecule has 0 aromatic rings. The van der Waals surface area contributed by atoms with E-state index in [1.54, 1.807) is 13.8 Å². The second kappa shape index (κ2) is 4.97. The molecule has 0 bridgehead atoms. The van der Waals surface area contributed by atoms with Gasteiger partial charge in [0.1, 0.15) is 0 Å². The third kappa shape index (κ3) is 3.22. The molecular formula is C7H11O3. The summed E-state index contributed by atoms with van der Waals surface area (Å²) in [5.41, 5.74) is 0. The van der Waals surface area contributed by atoms with Crippen molar-refractivity contribution in [2.75, 3.05) is 6.61 Å². The first-order valence-electron chi connectivity index (χ1n) is 3.26. The molecule has 0 unspecified atom stereocenters. The highest BCUT2D eigenvalue weighted by molar-refractivity contribution is 6.37. The number of ether oxygens (including phenoxy) is 1. The van der Waals surface area contributed by atoms with E-state index in [1.165, 1.54) is 6.42 Å². The highest BCUT2D eigenvalue weighted by atomic mass is 16.5. The van der Waals surface area contributed by atoms with Crippen molar-refractivity contribution in [1.29, 1.82) is 0 Å². The van der Waals surface area contributed by atoms with Crippen LogP contribution in [0.25, 0.3) is 0 Å². The molecule has 57 valence electrons. The predicted octanol–water partition coefficient (Wildman–Crippen LogP) is 0.733. The maximum absolute atomic E-state index is 10.6.